The first-order chi connectivity index (χ1) is 13.6. The zero-order valence-electron chi connectivity index (χ0n) is 18.0. The van der Waals surface area contributed by atoms with Crippen molar-refractivity contribution in [3.05, 3.63) is 24.3 Å². The first-order valence-corrected chi connectivity index (χ1v) is 11.0. The van der Waals surface area contributed by atoms with Crippen LogP contribution in [0, 0.1) is 0 Å². The van der Waals surface area contributed by atoms with Gasteiger partial charge >= 0.3 is 0 Å². The second-order valence-electron chi connectivity index (χ2n) is 7.85. The first kappa shape index (κ1) is 22.7. The molecule has 5 nitrogen and oxygen atoms in total. The van der Waals surface area contributed by atoms with Crippen LogP contribution in [0.1, 0.15) is 65.7 Å². The van der Waals surface area contributed by atoms with Gasteiger partial charge in [-0.2, -0.15) is 0 Å². The first-order valence-electron chi connectivity index (χ1n) is 11.0. The standard InChI is InChI=1S/C23H38N2O3/c1-4-15-23(3,28-5-2)22(26)24-20-11-13-21(14-12-20)27-19-10-18-25-16-8-6-7-9-17-25/h11-14H,4-10,15-19H2,1-3H3,(H,24,26)/t23-/m0/s1. The Hall–Kier alpha value is -1.59. The van der Waals surface area contributed by atoms with E-state index in [0.717, 1.165) is 37.4 Å². The maximum Gasteiger partial charge on any atom is 0.256 e. The highest BCUT2D eigenvalue weighted by molar-refractivity contribution is 5.97. The molecular formula is C23H38N2O3. The highest BCUT2D eigenvalue weighted by Gasteiger charge is 2.32. The van der Waals surface area contributed by atoms with Gasteiger partial charge in [-0.3, -0.25) is 4.79 Å². The third-order valence-corrected chi connectivity index (χ3v) is 5.37. The number of ether oxygens (including phenoxy) is 2. The minimum Gasteiger partial charge on any atom is -0.494 e. The summed E-state index contributed by atoms with van der Waals surface area (Å²) in [6, 6.07) is 7.61. The van der Waals surface area contributed by atoms with Gasteiger partial charge in [-0.05, 0) is 76.9 Å². The van der Waals surface area contributed by atoms with E-state index in [1.54, 1.807) is 0 Å². The lowest BCUT2D eigenvalue weighted by atomic mass is 9.99. The van der Waals surface area contributed by atoms with E-state index in [-0.39, 0.29) is 5.91 Å². The van der Waals surface area contributed by atoms with E-state index in [9.17, 15) is 4.79 Å². The fourth-order valence-electron chi connectivity index (χ4n) is 3.78. The molecule has 0 aromatic heterocycles. The lowest BCUT2D eigenvalue weighted by molar-refractivity contribution is -0.139. The number of hydrogen-bond acceptors (Lipinski definition) is 4. The summed E-state index contributed by atoms with van der Waals surface area (Å²) in [5.74, 6) is 0.748. The van der Waals surface area contributed by atoms with E-state index < -0.39 is 5.60 Å². The molecule has 28 heavy (non-hydrogen) atoms. The number of hydrogen-bond donors (Lipinski definition) is 1. The maximum absolute atomic E-state index is 12.6. The third kappa shape index (κ3) is 7.44. The predicted octanol–water partition coefficient (Wildman–Crippen LogP) is 4.87. The van der Waals surface area contributed by atoms with Crippen molar-refractivity contribution in [1.29, 1.82) is 0 Å². The SMILES string of the molecule is CCC[C@](C)(OCC)C(=O)Nc1ccc(OCCCN2CCCCCC2)cc1. The average molecular weight is 391 g/mol. The Morgan fingerprint density at radius 2 is 1.79 bits per heavy atom. The van der Waals surface area contributed by atoms with E-state index in [0.29, 0.717) is 13.0 Å². The van der Waals surface area contributed by atoms with Gasteiger partial charge in [-0.1, -0.05) is 26.2 Å². The zero-order chi connectivity index (χ0) is 20.2. The van der Waals surface area contributed by atoms with Gasteiger partial charge in [0.15, 0.2) is 0 Å². The molecule has 0 radical (unpaired) electrons. The predicted molar refractivity (Wildman–Crippen MR) is 115 cm³/mol. The van der Waals surface area contributed by atoms with Crippen molar-refractivity contribution in [3.63, 3.8) is 0 Å². The van der Waals surface area contributed by atoms with Crippen molar-refractivity contribution in [3.8, 4) is 5.75 Å². The minimum absolute atomic E-state index is 0.0951. The van der Waals surface area contributed by atoms with E-state index >= 15 is 0 Å². The topological polar surface area (TPSA) is 50.8 Å². The molecular weight excluding hydrogens is 352 g/mol. The van der Waals surface area contributed by atoms with E-state index in [1.807, 2.05) is 38.1 Å². The molecule has 1 aromatic carbocycles. The highest BCUT2D eigenvalue weighted by Crippen LogP contribution is 2.22. The minimum atomic E-state index is -0.786. The third-order valence-electron chi connectivity index (χ3n) is 5.37. The van der Waals surface area contributed by atoms with Crippen LogP contribution in [0.25, 0.3) is 0 Å². The smallest absolute Gasteiger partial charge is 0.256 e. The van der Waals surface area contributed by atoms with Crippen molar-refractivity contribution in [2.24, 2.45) is 0 Å². The molecule has 1 saturated heterocycles. The van der Waals surface area contributed by atoms with Gasteiger partial charge < -0.3 is 19.7 Å². The summed E-state index contributed by atoms with van der Waals surface area (Å²) in [4.78, 5) is 15.2. The number of anilines is 1. The molecule has 1 N–H and O–H groups in total. The Labute approximate surface area is 170 Å². The molecule has 0 bridgehead atoms. The van der Waals surface area contributed by atoms with Crippen LogP contribution < -0.4 is 10.1 Å². The monoisotopic (exact) mass is 390 g/mol. The summed E-state index contributed by atoms with van der Waals surface area (Å²) in [6.45, 7) is 10.7. The van der Waals surface area contributed by atoms with E-state index in [2.05, 4.69) is 17.1 Å². The lowest BCUT2D eigenvalue weighted by Gasteiger charge is -2.27. The van der Waals surface area contributed by atoms with Crippen LogP contribution in [0.2, 0.25) is 0 Å². The molecule has 1 heterocycles. The van der Waals surface area contributed by atoms with Crippen LogP contribution in [-0.2, 0) is 9.53 Å². The van der Waals surface area contributed by atoms with E-state index in [4.69, 9.17) is 9.47 Å². The maximum atomic E-state index is 12.6. The molecule has 1 fully saturated rings. The number of nitrogens with zero attached hydrogens (tertiary/aromatic N) is 1. The number of likely N-dealkylation sites (tertiary alicyclic amines) is 1. The Kier molecular flexibility index (Phi) is 9.79. The normalized spacial score (nSPS) is 17.5. The molecule has 1 amide bonds. The summed E-state index contributed by atoms with van der Waals surface area (Å²) in [5, 5.41) is 2.97. The Bertz CT molecular complexity index is 560. The Morgan fingerprint density at radius 3 is 2.39 bits per heavy atom. The lowest BCUT2D eigenvalue weighted by Crippen LogP contribution is -2.42. The molecule has 158 valence electrons. The molecule has 1 aromatic rings. The van der Waals surface area contributed by atoms with Gasteiger partial charge in [0.25, 0.3) is 5.91 Å². The molecule has 0 spiro atoms. The molecule has 0 unspecified atom stereocenters. The Morgan fingerprint density at radius 1 is 1.11 bits per heavy atom. The summed E-state index contributed by atoms with van der Waals surface area (Å²) >= 11 is 0. The van der Waals surface area contributed by atoms with E-state index in [1.165, 1.54) is 38.8 Å². The summed E-state index contributed by atoms with van der Waals surface area (Å²) in [7, 11) is 0. The van der Waals surface area contributed by atoms with Gasteiger partial charge in [-0.15, -0.1) is 0 Å². The van der Waals surface area contributed by atoms with Crippen LogP contribution >= 0.6 is 0 Å². The van der Waals surface area contributed by atoms with Crippen molar-refractivity contribution >= 4 is 11.6 Å². The quantitative estimate of drug-likeness (QED) is 0.548. The van der Waals surface area contributed by atoms with Gasteiger partial charge in [0, 0.05) is 18.8 Å². The number of carbonyl (C=O) groups is 1. The van der Waals surface area contributed by atoms with Gasteiger partial charge in [0.2, 0.25) is 0 Å². The number of nitrogens with one attached hydrogen (secondary N) is 1. The highest BCUT2D eigenvalue weighted by atomic mass is 16.5. The molecule has 1 aliphatic rings. The molecule has 0 aliphatic carbocycles. The molecule has 1 aliphatic heterocycles. The van der Waals surface area contributed by atoms with Crippen molar-refractivity contribution < 1.29 is 14.3 Å². The Balaban J connectivity index is 1.75. The number of benzene rings is 1. The fourth-order valence-corrected chi connectivity index (χ4v) is 3.78. The molecule has 0 saturated carbocycles. The van der Waals surface area contributed by atoms with Crippen LogP contribution in [0.3, 0.4) is 0 Å². The summed E-state index contributed by atoms with van der Waals surface area (Å²) in [6.07, 6.45) is 8.04. The molecule has 1 atom stereocenters. The van der Waals surface area contributed by atoms with Crippen molar-refractivity contribution in [1.82, 2.24) is 4.90 Å². The summed E-state index contributed by atoms with van der Waals surface area (Å²) < 4.78 is 11.6. The van der Waals surface area contributed by atoms with Crippen LogP contribution in [0.4, 0.5) is 5.69 Å². The number of amides is 1. The van der Waals surface area contributed by atoms with Crippen molar-refractivity contribution in [2.75, 3.05) is 38.2 Å². The second-order valence-corrected chi connectivity index (χ2v) is 7.85. The summed E-state index contributed by atoms with van der Waals surface area (Å²) in [5.41, 5.74) is -0.0182. The second kappa shape index (κ2) is 12.1. The number of rotatable bonds is 11. The zero-order valence-corrected chi connectivity index (χ0v) is 18.0. The number of carbonyl (C=O) groups excluding carboxylic acids is 1. The van der Waals surface area contributed by atoms with Crippen LogP contribution in [0.15, 0.2) is 24.3 Å². The average Bonchev–Trinajstić information content (AvgIpc) is 2.96. The molecule has 5 heteroatoms. The fraction of sp³-hybridized carbons (Fsp3) is 0.696. The van der Waals surface area contributed by atoms with Gasteiger partial charge in [0.1, 0.15) is 11.4 Å². The van der Waals surface area contributed by atoms with Crippen LogP contribution in [0.5, 0.6) is 5.75 Å². The van der Waals surface area contributed by atoms with Gasteiger partial charge in [-0.25, -0.2) is 0 Å². The molecule has 2 rings (SSSR count). The van der Waals surface area contributed by atoms with Crippen LogP contribution in [-0.4, -0.2) is 49.3 Å². The largest absolute Gasteiger partial charge is 0.494 e. The van der Waals surface area contributed by atoms with Gasteiger partial charge in [0.05, 0.1) is 6.61 Å². The van der Waals surface area contributed by atoms with Crippen molar-refractivity contribution in [2.45, 2.75) is 71.3 Å².